The molecule has 2 aromatic rings. The van der Waals surface area contributed by atoms with E-state index in [-0.39, 0.29) is 19.2 Å². The summed E-state index contributed by atoms with van der Waals surface area (Å²) in [5, 5.41) is 20.2. The predicted molar refractivity (Wildman–Crippen MR) is 106 cm³/mol. The maximum atomic E-state index is 13.8. The Kier molecular flexibility index (Phi) is 9.03. The van der Waals surface area contributed by atoms with E-state index < -0.39 is 106 Å². The number of benzene rings is 2. The molecule has 228 valence electrons. The summed E-state index contributed by atoms with van der Waals surface area (Å²) < 4.78 is 209. The average molecular weight is 621 g/mol. The van der Waals surface area contributed by atoms with Gasteiger partial charge in [-0.05, 0) is 36.8 Å². The smallest absolute Gasteiger partial charge is 0.387 e. The lowest BCUT2D eigenvalue weighted by Crippen LogP contribution is -2.30. The highest BCUT2D eigenvalue weighted by atomic mass is 19.4. The Hall–Kier alpha value is -3.20. The molecule has 2 aromatic carbocycles. The summed E-state index contributed by atoms with van der Waals surface area (Å²) in [5.41, 5.74) is -17.4. The van der Waals surface area contributed by atoms with Gasteiger partial charge in [0.15, 0.2) is 0 Å². The van der Waals surface area contributed by atoms with Gasteiger partial charge in [0.05, 0.1) is 40.0 Å². The van der Waals surface area contributed by atoms with Gasteiger partial charge in [0.25, 0.3) is 0 Å². The van der Waals surface area contributed by atoms with Crippen molar-refractivity contribution in [3.05, 3.63) is 68.8 Å². The zero-order valence-corrected chi connectivity index (χ0v) is 20.0. The van der Waals surface area contributed by atoms with E-state index in [4.69, 9.17) is 0 Å². The van der Waals surface area contributed by atoms with Crippen molar-refractivity contribution < 1.29 is 75.7 Å². The van der Waals surface area contributed by atoms with Crippen LogP contribution in [0.4, 0.5) is 65.9 Å². The summed E-state index contributed by atoms with van der Waals surface area (Å²) in [5.74, 6) is -3.09. The van der Waals surface area contributed by atoms with Crippen LogP contribution in [0.25, 0.3) is 0 Å². The van der Waals surface area contributed by atoms with Crippen molar-refractivity contribution >= 4 is 0 Å². The fraction of sp³-hybridized carbons (Fsp3) is 0.435. The highest BCUT2D eigenvalue weighted by molar-refractivity contribution is 5.48. The number of aryl methyl sites for hydroxylation is 1. The monoisotopic (exact) mass is 621 g/mol. The first-order valence-electron chi connectivity index (χ1n) is 10.6. The molecule has 0 heterocycles. The van der Waals surface area contributed by atoms with Gasteiger partial charge in [0.1, 0.15) is 12.0 Å². The van der Waals surface area contributed by atoms with Gasteiger partial charge in [-0.15, -0.1) is 0 Å². The van der Waals surface area contributed by atoms with E-state index >= 15 is 0 Å². The molecule has 3 atom stereocenters. The van der Waals surface area contributed by atoms with Crippen LogP contribution in [0.3, 0.4) is 0 Å². The lowest BCUT2D eigenvalue weighted by atomic mass is 9.80. The van der Waals surface area contributed by atoms with Crippen LogP contribution in [0.2, 0.25) is 0 Å². The van der Waals surface area contributed by atoms with E-state index in [0.29, 0.717) is 0 Å². The van der Waals surface area contributed by atoms with Gasteiger partial charge in [-0.1, -0.05) is 0 Å². The summed E-state index contributed by atoms with van der Waals surface area (Å²) in [7, 11) is 0.282. The number of aliphatic hydroxyl groups is 1. The molecule has 0 spiro atoms. The van der Waals surface area contributed by atoms with Crippen molar-refractivity contribution in [1.29, 1.82) is 5.26 Å². The van der Waals surface area contributed by atoms with Crippen molar-refractivity contribution in [2.45, 2.75) is 50.0 Å². The second-order valence-electron chi connectivity index (χ2n) is 8.50. The molecular weight excluding hydrogens is 607 g/mol. The van der Waals surface area contributed by atoms with Crippen molar-refractivity contribution in [3.8, 4) is 6.07 Å². The fourth-order valence-corrected chi connectivity index (χ4v) is 4.11. The Morgan fingerprint density at radius 2 is 0.976 bits per heavy atom. The molecule has 0 radical (unpaired) electrons. The first-order chi connectivity index (χ1) is 18.3. The maximum absolute atomic E-state index is 13.8. The minimum Gasteiger partial charge on any atom is -0.387 e. The number of nitrogens with zero attached hydrogens (tertiary/aromatic N) is 1. The summed E-state index contributed by atoms with van der Waals surface area (Å²) in [6, 6.07) is -0.595. The van der Waals surface area contributed by atoms with Crippen LogP contribution in [0, 0.1) is 24.2 Å². The number of halogens is 15. The van der Waals surface area contributed by atoms with Crippen molar-refractivity contribution in [2.24, 2.45) is 5.92 Å². The lowest BCUT2D eigenvalue weighted by molar-refractivity contribution is -0.152. The Balaban J connectivity index is 3.05. The summed E-state index contributed by atoms with van der Waals surface area (Å²) >= 11 is 0. The molecule has 0 aliphatic rings. The van der Waals surface area contributed by atoms with Crippen LogP contribution >= 0.6 is 0 Å². The molecule has 2 rings (SSSR count). The molecule has 0 aliphatic carbocycles. The third-order valence-corrected chi connectivity index (χ3v) is 5.70. The van der Waals surface area contributed by atoms with E-state index in [1.807, 2.05) is 0 Å². The molecule has 0 saturated heterocycles. The summed E-state index contributed by atoms with van der Waals surface area (Å²) in [4.78, 5) is 0. The molecule has 0 saturated carbocycles. The molecule has 18 heteroatoms. The number of hydrogen-bond donors (Lipinski definition) is 1. The van der Waals surface area contributed by atoms with Crippen molar-refractivity contribution in [1.82, 2.24) is 0 Å². The number of ether oxygens (including phenoxy) is 1. The van der Waals surface area contributed by atoms with Gasteiger partial charge in [0.2, 0.25) is 0 Å². The Bertz CT molecular complexity index is 1240. The highest BCUT2D eigenvalue weighted by Gasteiger charge is 2.51. The van der Waals surface area contributed by atoms with E-state index in [9.17, 15) is 76.2 Å². The van der Waals surface area contributed by atoms with E-state index in [0.717, 1.165) is 13.0 Å². The fourth-order valence-electron chi connectivity index (χ4n) is 4.11. The summed E-state index contributed by atoms with van der Waals surface area (Å²) in [6.45, 7) is 0.772. The van der Waals surface area contributed by atoms with Crippen LogP contribution in [0.5, 0.6) is 0 Å². The highest BCUT2D eigenvalue weighted by Crippen LogP contribution is 2.51. The van der Waals surface area contributed by atoms with Crippen LogP contribution < -0.4 is 0 Å². The van der Waals surface area contributed by atoms with E-state index in [2.05, 4.69) is 4.74 Å². The molecule has 0 aliphatic heterocycles. The first-order valence-corrected chi connectivity index (χ1v) is 10.6. The molecule has 0 aromatic heterocycles. The van der Waals surface area contributed by atoms with Gasteiger partial charge >= 0.3 is 30.9 Å². The summed E-state index contributed by atoms with van der Waals surface area (Å²) in [6.07, 6.45) is -35.9. The normalized spacial score (nSPS) is 15.8. The molecule has 41 heavy (non-hydrogen) atoms. The van der Waals surface area contributed by atoms with Crippen LogP contribution in [0.15, 0.2) is 24.3 Å². The van der Waals surface area contributed by atoms with Gasteiger partial charge in [0, 0.05) is 18.2 Å². The van der Waals surface area contributed by atoms with Gasteiger partial charge in [-0.2, -0.15) is 71.1 Å². The zero-order valence-electron chi connectivity index (χ0n) is 20.0. The van der Waals surface area contributed by atoms with Gasteiger partial charge in [-0.3, -0.25) is 0 Å². The molecule has 1 N–H and O–H groups in total. The second kappa shape index (κ2) is 10.9. The van der Waals surface area contributed by atoms with Crippen LogP contribution in [0.1, 0.15) is 56.7 Å². The number of nitriles is 1. The molecule has 0 fully saturated rings. The molecule has 0 bridgehead atoms. The van der Waals surface area contributed by atoms with E-state index in [1.54, 1.807) is 0 Å². The third-order valence-electron chi connectivity index (χ3n) is 5.70. The minimum atomic E-state index is -6.06. The molecular formula is C23H14F15NO2. The number of rotatable bonds is 5. The molecule has 0 amide bonds. The topological polar surface area (TPSA) is 53.2 Å². The second-order valence-corrected chi connectivity index (χ2v) is 8.50. The quantitative estimate of drug-likeness (QED) is 0.340. The molecule has 3 nitrogen and oxygen atoms in total. The first kappa shape index (κ1) is 34.0. The Labute approximate surface area is 219 Å². The minimum absolute atomic E-state index is 0.0739. The SMILES string of the molecule is COC(c1c(C(F)(F)F)cc(C(F)(F)F)cc1C(F)(F)F)C(C#N)C(O)c1c(C(F)(F)F)cc(C)cc1C(F)(F)F. The third kappa shape index (κ3) is 7.18. The Morgan fingerprint density at radius 1 is 0.634 bits per heavy atom. The largest absolute Gasteiger partial charge is 0.416 e. The maximum Gasteiger partial charge on any atom is 0.416 e. The van der Waals surface area contributed by atoms with Crippen molar-refractivity contribution in [2.75, 3.05) is 7.11 Å². The average Bonchev–Trinajstić information content (AvgIpc) is 2.77. The van der Waals surface area contributed by atoms with Gasteiger partial charge < -0.3 is 9.84 Å². The van der Waals surface area contributed by atoms with E-state index in [1.165, 1.54) is 0 Å². The predicted octanol–water partition coefficient (Wildman–Crippen LogP) is 8.65. The van der Waals surface area contributed by atoms with Gasteiger partial charge in [-0.25, -0.2) is 0 Å². The standard InChI is InChI=1S/C23H14F15NO2/c1-8-3-11(20(27,28)29)15(12(4-8)21(30,31)32)17(40)10(7-39)18(41-2)16-13(22(33,34)35)5-9(19(24,25)26)6-14(16)23(36,37)38/h3-6,10,17-18,40H,1-2H3. The molecule has 3 unspecified atom stereocenters. The van der Waals surface area contributed by atoms with Crippen LogP contribution in [-0.2, 0) is 35.6 Å². The number of alkyl halides is 15. The number of methoxy groups -OCH3 is 1. The zero-order chi connectivity index (χ0) is 32.1. The lowest BCUT2D eigenvalue weighted by Gasteiger charge is -2.32. The Morgan fingerprint density at radius 3 is 1.24 bits per heavy atom. The number of aliphatic hydroxyl groups excluding tert-OH is 1. The number of hydrogen-bond acceptors (Lipinski definition) is 3. The van der Waals surface area contributed by atoms with Crippen LogP contribution in [-0.4, -0.2) is 12.2 Å². The van der Waals surface area contributed by atoms with Crippen molar-refractivity contribution in [3.63, 3.8) is 0 Å².